The predicted molar refractivity (Wildman–Crippen MR) is 89.0 cm³/mol. The molecule has 2 aromatic rings. The summed E-state index contributed by atoms with van der Waals surface area (Å²) < 4.78 is 1.19. The minimum Gasteiger partial charge on any atom is -0.354 e. The lowest BCUT2D eigenvalue weighted by Crippen LogP contribution is -2.52. The van der Waals surface area contributed by atoms with Gasteiger partial charge in [-0.2, -0.15) is 0 Å². The fraction of sp³-hybridized carbons (Fsp3) is 0.467. The van der Waals surface area contributed by atoms with E-state index in [9.17, 15) is 4.79 Å². The van der Waals surface area contributed by atoms with Crippen molar-refractivity contribution in [1.82, 2.24) is 10.3 Å². The molecule has 0 atom stereocenters. The zero-order chi connectivity index (χ0) is 14.0. The number of nitrogens with two attached hydrogens (primary N) is 1. The van der Waals surface area contributed by atoms with Gasteiger partial charge in [-0.15, -0.1) is 23.7 Å². The topological polar surface area (TPSA) is 68.0 Å². The highest BCUT2D eigenvalue weighted by molar-refractivity contribution is 7.18. The van der Waals surface area contributed by atoms with E-state index in [0.717, 1.165) is 42.6 Å². The first-order valence-electron chi connectivity index (χ1n) is 7.09. The van der Waals surface area contributed by atoms with Gasteiger partial charge in [0.05, 0.1) is 20.8 Å². The molecule has 0 saturated heterocycles. The maximum atomic E-state index is 12.1. The number of para-hydroxylation sites is 1. The van der Waals surface area contributed by atoms with Crippen molar-refractivity contribution in [2.75, 3.05) is 6.54 Å². The van der Waals surface area contributed by atoms with Crippen LogP contribution >= 0.6 is 23.7 Å². The summed E-state index contributed by atoms with van der Waals surface area (Å²) in [6.07, 6.45) is 4.49. The number of halogens is 1. The Kier molecular flexibility index (Phi) is 5.19. The van der Waals surface area contributed by atoms with E-state index in [4.69, 9.17) is 5.73 Å². The van der Waals surface area contributed by atoms with Crippen LogP contribution in [0.15, 0.2) is 24.3 Å². The molecule has 3 N–H and O–H groups in total. The number of carbonyl (C=O) groups excluding carboxylic acids is 1. The van der Waals surface area contributed by atoms with E-state index in [1.54, 1.807) is 11.3 Å². The third kappa shape index (κ3) is 3.54. The van der Waals surface area contributed by atoms with Gasteiger partial charge in [0, 0.05) is 13.0 Å². The van der Waals surface area contributed by atoms with E-state index in [1.807, 2.05) is 18.2 Å². The number of nitrogens with one attached hydrogen (secondary N) is 1. The molecular formula is C15H20ClN3OS. The summed E-state index contributed by atoms with van der Waals surface area (Å²) in [4.78, 5) is 16.6. The fourth-order valence-corrected chi connectivity index (χ4v) is 3.69. The van der Waals surface area contributed by atoms with Crippen LogP contribution in [0.2, 0.25) is 0 Å². The molecule has 1 aromatic carbocycles. The van der Waals surface area contributed by atoms with E-state index in [2.05, 4.69) is 16.4 Å². The zero-order valence-electron chi connectivity index (χ0n) is 11.8. The van der Waals surface area contributed by atoms with Gasteiger partial charge in [0.15, 0.2) is 0 Å². The van der Waals surface area contributed by atoms with Crippen molar-refractivity contribution < 1.29 is 4.79 Å². The molecule has 0 unspecified atom stereocenters. The monoisotopic (exact) mass is 325 g/mol. The molecule has 21 heavy (non-hydrogen) atoms. The van der Waals surface area contributed by atoms with Crippen LogP contribution in [0.5, 0.6) is 0 Å². The van der Waals surface area contributed by atoms with Gasteiger partial charge in [0.25, 0.3) is 0 Å². The van der Waals surface area contributed by atoms with Crippen LogP contribution in [0.1, 0.15) is 30.7 Å². The first-order chi connectivity index (χ1) is 9.67. The number of carbonyl (C=O) groups is 1. The summed E-state index contributed by atoms with van der Waals surface area (Å²) in [5, 5.41) is 4.02. The molecule has 0 bridgehead atoms. The van der Waals surface area contributed by atoms with Gasteiger partial charge in [-0.1, -0.05) is 25.0 Å². The van der Waals surface area contributed by atoms with Gasteiger partial charge in [0.2, 0.25) is 5.91 Å². The Hall–Kier alpha value is -1.17. The van der Waals surface area contributed by atoms with Gasteiger partial charge in [-0.25, -0.2) is 4.98 Å². The van der Waals surface area contributed by atoms with Crippen molar-refractivity contribution >= 4 is 39.9 Å². The molecule has 6 heteroatoms. The molecule has 1 amide bonds. The highest BCUT2D eigenvalue weighted by atomic mass is 35.5. The van der Waals surface area contributed by atoms with Crippen molar-refractivity contribution in [3.63, 3.8) is 0 Å². The predicted octanol–water partition coefficient (Wildman–Crippen LogP) is 2.65. The Bertz CT molecular complexity index is 589. The molecule has 1 aliphatic rings. The second-order valence-electron chi connectivity index (χ2n) is 5.44. The van der Waals surface area contributed by atoms with Crippen LogP contribution in [-0.2, 0) is 11.2 Å². The Morgan fingerprint density at radius 3 is 2.76 bits per heavy atom. The molecule has 0 radical (unpaired) electrons. The minimum atomic E-state index is -0.631. The molecule has 1 heterocycles. The van der Waals surface area contributed by atoms with Crippen LogP contribution in [0.3, 0.4) is 0 Å². The van der Waals surface area contributed by atoms with Gasteiger partial charge >= 0.3 is 0 Å². The molecule has 114 valence electrons. The van der Waals surface area contributed by atoms with Crippen molar-refractivity contribution in [3.05, 3.63) is 29.3 Å². The van der Waals surface area contributed by atoms with E-state index < -0.39 is 5.54 Å². The molecule has 4 nitrogen and oxygen atoms in total. The number of rotatable bonds is 4. The lowest BCUT2D eigenvalue weighted by Gasteiger charge is -2.21. The molecule has 0 aliphatic heterocycles. The average molecular weight is 326 g/mol. The van der Waals surface area contributed by atoms with Crippen LogP contribution in [0.4, 0.5) is 0 Å². The van der Waals surface area contributed by atoms with Crippen molar-refractivity contribution in [1.29, 1.82) is 0 Å². The number of hydrogen-bond acceptors (Lipinski definition) is 4. The van der Waals surface area contributed by atoms with E-state index in [-0.39, 0.29) is 18.3 Å². The normalized spacial score (nSPS) is 16.6. The number of aromatic nitrogens is 1. The SMILES string of the molecule is Cl.NC1(C(=O)NCCc2nc3ccccc3s2)CCCC1. The molecule has 1 aromatic heterocycles. The Morgan fingerprint density at radius 2 is 2.05 bits per heavy atom. The first kappa shape index (κ1) is 16.2. The molecule has 0 spiro atoms. The van der Waals surface area contributed by atoms with Gasteiger partial charge in [-0.05, 0) is 25.0 Å². The third-order valence-electron chi connectivity index (χ3n) is 3.91. The zero-order valence-corrected chi connectivity index (χ0v) is 13.4. The highest BCUT2D eigenvalue weighted by Gasteiger charge is 2.36. The summed E-state index contributed by atoms with van der Waals surface area (Å²) in [5.74, 6) is -0.00360. The lowest BCUT2D eigenvalue weighted by molar-refractivity contribution is -0.126. The van der Waals surface area contributed by atoms with Crippen molar-refractivity contribution in [2.45, 2.75) is 37.6 Å². The number of fused-ring (bicyclic) bond motifs is 1. The van der Waals surface area contributed by atoms with Crippen LogP contribution in [0, 0.1) is 0 Å². The van der Waals surface area contributed by atoms with Crippen LogP contribution < -0.4 is 11.1 Å². The highest BCUT2D eigenvalue weighted by Crippen LogP contribution is 2.27. The van der Waals surface area contributed by atoms with E-state index in [1.165, 1.54) is 4.70 Å². The smallest absolute Gasteiger partial charge is 0.240 e. The number of hydrogen-bond donors (Lipinski definition) is 2. The Morgan fingerprint density at radius 1 is 1.33 bits per heavy atom. The largest absolute Gasteiger partial charge is 0.354 e. The Balaban J connectivity index is 0.00000161. The Labute approximate surface area is 134 Å². The number of benzene rings is 1. The molecule has 3 rings (SSSR count). The van der Waals surface area contributed by atoms with E-state index in [0.29, 0.717) is 6.54 Å². The van der Waals surface area contributed by atoms with Gasteiger partial charge < -0.3 is 11.1 Å². The molecule has 1 saturated carbocycles. The maximum Gasteiger partial charge on any atom is 0.240 e. The standard InChI is InChI=1S/C15H19N3OS.ClH/c16-15(8-3-4-9-15)14(19)17-10-7-13-18-11-5-1-2-6-12(11)20-13;/h1-2,5-6H,3-4,7-10,16H2,(H,17,19);1H. The van der Waals surface area contributed by atoms with Gasteiger partial charge in [0.1, 0.15) is 0 Å². The first-order valence-corrected chi connectivity index (χ1v) is 7.91. The summed E-state index contributed by atoms with van der Waals surface area (Å²) >= 11 is 1.69. The second kappa shape index (κ2) is 6.73. The van der Waals surface area contributed by atoms with Crippen molar-refractivity contribution in [3.8, 4) is 0 Å². The van der Waals surface area contributed by atoms with Crippen LogP contribution in [-0.4, -0.2) is 23.0 Å². The van der Waals surface area contributed by atoms with E-state index >= 15 is 0 Å². The summed E-state index contributed by atoms with van der Waals surface area (Å²) in [5.41, 5.74) is 6.52. The summed E-state index contributed by atoms with van der Waals surface area (Å²) in [7, 11) is 0. The fourth-order valence-electron chi connectivity index (χ4n) is 2.72. The quantitative estimate of drug-likeness (QED) is 0.908. The maximum absolute atomic E-state index is 12.1. The summed E-state index contributed by atoms with van der Waals surface area (Å²) in [6.45, 7) is 0.609. The average Bonchev–Trinajstić information content (AvgIpc) is 3.05. The number of nitrogens with zero attached hydrogens (tertiary/aromatic N) is 1. The number of amides is 1. The molecule has 1 aliphatic carbocycles. The van der Waals surface area contributed by atoms with Gasteiger partial charge in [-0.3, -0.25) is 4.79 Å². The van der Waals surface area contributed by atoms with Crippen molar-refractivity contribution in [2.24, 2.45) is 5.73 Å². The number of thiazole rings is 1. The third-order valence-corrected chi connectivity index (χ3v) is 5.01. The second-order valence-corrected chi connectivity index (χ2v) is 6.56. The lowest BCUT2D eigenvalue weighted by atomic mass is 9.98. The summed E-state index contributed by atoms with van der Waals surface area (Å²) in [6, 6.07) is 8.10. The molecular weight excluding hydrogens is 306 g/mol. The molecule has 1 fully saturated rings. The minimum absolute atomic E-state index is 0. The van der Waals surface area contributed by atoms with Crippen LogP contribution in [0.25, 0.3) is 10.2 Å².